The molecule has 1 aliphatic rings. The van der Waals surface area contributed by atoms with Crippen molar-refractivity contribution in [3.63, 3.8) is 0 Å². The third-order valence-electron chi connectivity index (χ3n) is 4.76. The maximum atomic E-state index is 12.7. The van der Waals surface area contributed by atoms with Crippen LogP contribution in [0.3, 0.4) is 0 Å². The van der Waals surface area contributed by atoms with Gasteiger partial charge >= 0.3 is 0 Å². The number of nitrogens with zero attached hydrogens (tertiary/aromatic N) is 3. The molecule has 142 valence electrons. The van der Waals surface area contributed by atoms with Crippen LogP contribution in [0.15, 0.2) is 30.3 Å². The van der Waals surface area contributed by atoms with E-state index in [4.69, 9.17) is 5.73 Å². The lowest BCUT2D eigenvalue weighted by Gasteiger charge is -2.32. The summed E-state index contributed by atoms with van der Waals surface area (Å²) in [5.41, 5.74) is 8.10. The van der Waals surface area contributed by atoms with Crippen LogP contribution in [0.5, 0.6) is 0 Å². The van der Waals surface area contributed by atoms with E-state index in [0.717, 1.165) is 38.0 Å². The smallest absolute Gasteiger partial charge is 0.253 e. The van der Waals surface area contributed by atoms with Crippen molar-refractivity contribution in [3.05, 3.63) is 47.4 Å². The number of hydrogen-bond donors (Lipinski definition) is 2. The molecule has 1 aromatic heterocycles. The lowest BCUT2D eigenvalue weighted by molar-refractivity contribution is -0.114. The van der Waals surface area contributed by atoms with Crippen molar-refractivity contribution >= 4 is 23.3 Å². The molecule has 0 radical (unpaired) electrons. The Morgan fingerprint density at radius 2 is 1.85 bits per heavy atom. The number of carbonyl (C=O) groups is 2. The van der Waals surface area contributed by atoms with Gasteiger partial charge in [-0.2, -0.15) is 0 Å². The van der Waals surface area contributed by atoms with Crippen molar-refractivity contribution in [3.8, 4) is 0 Å². The number of rotatable bonds is 4. The van der Waals surface area contributed by atoms with Crippen LogP contribution in [0.4, 0.5) is 11.5 Å². The van der Waals surface area contributed by atoms with Crippen LogP contribution in [0.1, 0.15) is 41.6 Å². The van der Waals surface area contributed by atoms with E-state index in [1.54, 1.807) is 24.3 Å². The minimum absolute atomic E-state index is 0.0324. The van der Waals surface area contributed by atoms with Gasteiger partial charge in [0.05, 0.1) is 0 Å². The van der Waals surface area contributed by atoms with E-state index in [1.165, 1.54) is 6.92 Å². The molecule has 7 nitrogen and oxygen atoms in total. The predicted octanol–water partition coefficient (Wildman–Crippen LogP) is 2.42. The van der Waals surface area contributed by atoms with E-state index in [-0.39, 0.29) is 11.8 Å². The zero-order chi connectivity index (χ0) is 19.4. The monoisotopic (exact) mass is 367 g/mol. The number of amides is 2. The minimum Gasteiger partial charge on any atom is -0.384 e. The molecule has 0 saturated carbocycles. The average molecular weight is 367 g/mol. The van der Waals surface area contributed by atoms with Gasteiger partial charge in [0.15, 0.2) is 0 Å². The fourth-order valence-electron chi connectivity index (χ4n) is 3.48. The summed E-state index contributed by atoms with van der Waals surface area (Å²) >= 11 is 0. The molecule has 0 bridgehead atoms. The maximum absolute atomic E-state index is 12.7. The molecule has 27 heavy (non-hydrogen) atoms. The Balaban J connectivity index is 1.55. The highest BCUT2D eigenvalue weighted by atomic mass is 16.2. The van der Waals surface area contributed by atoms with Gasteiger partial charge in [-0.05, 0) is 56.4 Å². The predicted molar refractivity (Wildman–Crippen MR) is 104 cm³/mol. The summed E-state index contributed by atoms with van der Waals surface area (Å²) in [6.07, 6.45) is 2.75. The van der Waals surface area contributed by atoms with Crippen LogP contribution < -0.4 is 11.1 Å². The van der Waals surface area contributed by atoms with Gasteiger partial charge in [0.1, 0.15) is 11.6 Å². The van der Waals surface area contributed by atoms with Crippen LogP contribution >= 0.6 is 0 Å². The van der Waals surface area contributed by atoms with Crippen LogP contribution in [0, 0.1) is 12.8 Å². The molecule has 3 N–H and O–H groups in total. The highest BCUT2D eigenvalue weighted by Gasteiger charge is 2.24. The second kappa shape index (κ2) is 8.16. The normalized spacial score (nSPS) is 14.8. The number of hydrogen-bond acceptors (Lipinski definition) is 5. The van der Waals surface area contributed by atoms with Crippen LogP contribution in [-0.2, 0) is 11.2 Å². The molecule has 2 heterocycles. The number of piperidine rings is 1. The molecule has 0 spiro atoms. The van der Waals surface area contributed by atoms with Gasteiger partial charge in [0, 0.05) is 43.0 Å². The van der Waals surface area contributed by atoms with Crippen molar-refractivity contribution in [2.24, 2.45) is 5.92 Å². The molecule has 2 amide bonds. The van der Waals surface area contributed by atoms with Crippen molar-refractivity contribution in [1.29, 1.82) is 0 Å². The first kappa shape index (κ1) is 18.8. The summed E-state index contributed by atoms with van der Waals surface area (Å²) in [7, 11) is 0. The number of carbonyl (C=O) groups excluding carboxylic acids is 2. The molecule has 0 aliphatic carbocycles. The Morgan fingerprint density at radius 3 is 2.44 bits per heavy atom. The van der Waals surface area contributed by atoms with Crippen molar-refractivity contribution in [2.45, 2.75) is 33.1 Å². The zero-order valence-corrected chi connectivity index (χ0v) is 15.7. The number of nitrogens with two attached hydrogens (primary N) is 1. The van der Waals surface area contributed by atoms with E-state index >= 15 is 0 Å². The Labute approximate surface area is 159 Å². The largest absolute Gasteiger partial charge is 0.384 e. The Hall–Kier alpha value is -2.96. The summed E-state index contributed by atoms with van der Waals surface area (Å²) in [5, 5.41) is 2.70. The number of anilines is 2. The first-order valence-corrected chi connectivity index (χ1v) is 9.17. The molecular formula is C20H25N5O2. The average Bonchev–Trinajstić information content (AvgIpc) is 2.61. The number of aryl methyl sites for hydroxylation is 1. The van der Waals surface area contributed by atoms with Crippen LogP contribution in [0.2, 0.25) is 0 Å². The van der Waals surface area contributed by atoms with Gasteiger partial charge in [0.2, 0.25) is 5.91 Å². The first-order valence-electron chi connectivity index (χ1n) is 9.17. The molecule has 7 heteroatoms. The SMILES string of the molecule is CC(=O)Nc1ccc(C(=O)N2CCC(Cc3cc(N)nc(C)n3)CC2)cc1. The van der Waals surface area contributed by atoms with E-state index in [0.29, 0.717) is 28.8 Å². The molecule has 1 aromatic carbocycles. The second-order valence-corrected chi connectivity index (χ2v) is 7.03. The first-order chi connectivity index (χ1) is 12.9. The van der Waals surface area contributed by atoms with Gasteiger partial charge in [-0.15, -0.1) is 0 Å². The summed E-state index contributed by atoms with van der Waals surface area (Å²) in [6, 6.07) is 8.85. The molecule has 3 rings (SSSR count). The standard InChI is InChI=1S/C20H25N5O2/c1-13-22-18(12-19(21)23-13)11-15-7-9-25(10-8-15)20(27)16-3-5-17(6-4-16)24-14(2)26/h3-6,12,15H,7-11H2,1-2H3,(H,24,26)(H2,21,22,23). The Kier molecular flexibility index (Phi) is 5.69. The molecular weight excluding hydrogens is 342 g/mol. The molecule has 0 atom stereocenters. The number of aromatic nitrogens is 2. The number of likely N-dealkylation sites (tertiary alicyclic amines) is 1. The van der Waals surface area contributed by atoms with Gasteiger partial charge in [-0.25, -0.2) is 9.97 Å². The topological polar surface area (TPSA) is 101 Å². The second-order valence-electron chi connectivity index (χ2n) is 7.03. The highest BCUT2D eigenvalue weighted by Crippen LogP contribution is 2.23. The van der Waals surface area contributed by atoms with Crippen LogP contribution in [0.25, 0.3) is 0 Å². The fourth-order valence-corrected chi connectivity index (χ4v) is 3.48. The molecule has 1 saturated heterocycles. The van der Waals surface area contributed by atoms with Crippen molar-refractivity contribution in [1.82, 2.24) is 14.9 Å². The van der Waals surface area contributed by atoms with Gasteiger partial charge in [-0.1, -0.05) is 0 Å². The van der Waals surface area contributed by atoms with Gasteiger partial charge in [-0.3, -0.25) is 9.59 Å². The third kappa shape index (κ3) is 5.03. The summed E-state index contributed by atoms with van der Waals surface area (Å²) in [5.74, 6) is 1.60. The molecule has 1 fully saturated rings. The van der Waals surface area contributed by atoms with E-state index in [2.05, 4.69) is 15.3 Å². The van der Waals surface area contributed by atoms with Crippen LogP contribution in [-0.4, -0.2) is 39.8 Å². The van der Waals surface area contributed by atoms with Crippen molar-refractivity contribution < 1.29 is 9.59 Å². The Morgan fingerprint density at radius 1 is 1.19 bits per heavy atom. The number of benzene rings is 1. The maximum Gasteiger partial charge on any atom is 0.253 e. The van der Waals surface area contributed by atoms with E-state index in [9.17, 15) is 9.59 Å². The van der Waals surface area contributed by atoms with Gasteiger partial charge in [0.25, 0.3) is 5.91 Å². The molecule has 0 unspecified atom stereocenters. The van der Waals surface area contributed by atoms with Gasteiger partial charge < -0.3 is 16.0 Å². The summed E-state index contributed by atoms with van der Waals surface area (Å²) in [4.78, 5) is 34.2. The number of nitrogens with one attached hydrogen (secondary N) is 1. The summed E-state index contributed by atoms with van der Waals surface area (Å²) in [6.45, 7) is 4.77. The Bertz CT molecular complexity index is 807. The van der Waals surface area contributed by atoms with E-state index < -0.39 is 0 Å². The lowest BCUT2D eigenvalue weighted by Crippen LogP contribution is -2.39. The molecule has 2 aromatic rings. The number of nitrogen functional groups attached to an aromatic ring is 1. The minimum atomic E-state index is -0.128. The fraction of sp³-hybridized carbons (Fsp3) is 0.400. The third-order valence-corrected chi connectivity index (χ3v) is 4.76. The zero-order valence-electron chi connectivity index (χ0n) is 15.7. The van der Waals surface area contributed by atoms with Crippen molar-refractivity contribution in [2.75, 3.05) is 24.1 Å². The highest BCUT2D eigenvalue weighted by molar-refractivity contribution is 5.95. The molecule has 1 aliphatic heterocycles. The lowest BCUT2D eigenvalue weighted by atomic mass is 9.91. The summed E-state index contributed by atoms with van der Waals surface area (Å²) < 4.78 is 0. The quantitative estimate of drug-likeness (QED) is 0.864. The van der Waals surface area contributed by atoms with E-state index in [1.807, 2.05) is 17.9 Å².